The fourth-order valence-electron chi connectivity index (χ4n) is 2.30. The highest BCUT2D eigenvalue weighted by atomic mass is 35.5. The smallest absolute Gasteiger partial charge is 0.311 e. The van der Waals surface area contributed by atoms with E-state index < -0.39 is 11.9 Å². The maximum atomic E-state index is 11.2. The van der Waals surface area contributed by atoms with E-state index in [0.29, 0.717) is 17.2 Å². The van der Waals surface area contributed by atoms with Crippen LogP contribution in [0.15, 0.2) is 12.1 Å². The Morgan fingerprint density at radius 1 is 1.56 bits per heavy atom. The summed E-state index contributed by atoms with van der Waals surface area (Å²) < 4.78 is 5.23. The zero-order chi connectivity index (χ0) is 11.7. The van der Waals surface area contributed by atoms with Gasteiger partial charge in [-0.25, -0.2) is 0 Å². The number of aliphatic carboxylic acids is 1. The molecule has 1 atom stereocenters. The third-order valence-corrected chi connectivity index (χ3v) is 3.40. The van der Waals surface area contributed by atoms with Crippen LogP contribution in [0.25, 0.3) is 0 Å². The molecule has 3 nitrogen and oxygen atoms in total. The standard InChI is InChI=1S/C12H13ClO3/c1-16-10-6-5-9(13)7-3-2-4-8(11(7)10)12(14)15/h5-6,8H,2-4H2,1H3,(H,14,15). The SMILES string of the molecule is COc1ccc(Cl)c2c1C(C(=O)O)CCC2. The lowest BCUT2D eigenvalue weighted by atomic mass is 9.82. The van der Waals surface area contributed by atoms with Gasteiger partial charge in [0, 0.05) is 10.6 Å². The number of ether oxygens (including phenoxy) is 1. The van der Waals surface area contributed by atoms with Crippen LogP contribution in [0.2, 0.25) is 5.02 Å². The molecule has 2 rings (SSSR count). The van der Waals surface area contributed by atoms with Gasteiger partial charge < -0.3 is 9.84 Å². The Morgan fingerprint density at radius 2 is 2.31 bits per heavy atom. The molecule has 0 spiro atoms. The third kappa shape index (κ3) is 1.76. The summed E-state index contributed by atoms with van der Waals surface area (Å²) >= 11 is 6.09. The highest BCUT2D eigenvalue weighted by Crippen LogP contribution is 2.41. The average molecular weight is 241 g/mol. The highest BCUT2D eigenvalue weighted by Gasteiger charge is 2.30. The van der Waals surface area contributed by atoms with E-state index in [1.807, 2.05) is 0 Å². The van der Waals surface area contributed by atoms with Crippen LogP contribution in [0.5, 0.6) is 5.75 Å². The number of carbonyl (C=O) groups is 1. The number of carboxylic acids is 1. The van der Waals surface area contributed by atoms with Crippen molar-refractivity contribution in [2.24, 2.45) is 0 Å². The highest BCUT2D eigenvalue weighted by molar-refractivity contribution is 6.31. The van der Waals surface area contributed by atoms with E-state index in [-0.39, 0.29) is 0 Å². The molecule has 1 aromatic carbocycles. The maximum Gasteiger partial charge on any atom is 0.311 e. The van der Waals surface area contributed by atoms with Gasteiger partial charge in [-0.3, -0.25) is 4.79 Å². The van der Waals surface area contributed by atoms with Crippen LogP contribution in [-0.4, -0.2) is 18.2 Å². The van der Waals surface area contributed by atoms with Crippen molar-refractivity contribution >= 4 is 17.6 Å². The van der Waals surface area contributed by atoms with Gasteiger partial charge in [0.05, 0.1) is 13.0 Å². The van der Waals surface area contributed by atoms with Crippen LogP contribution in [-0.2, 0) is 11.2 Å². The van der Waals surface area contributed by atoms with E-state index in [4.69, 9.17) is 16.3 Å². The van der Waals surface area contributed by atoms with Gasteiger partial charge in [0.25, 0.3) is 0 Å². The Bertz CT molecular complexity index is 429. The van der Waals surface area contributed by atoms with Crippen molar-refractivity contribution < 1.29 is 14.6 Å². The van der Waals surface area contributed by atoms with Crippen LogP contribution in [0, 0.1) is 0 Å². The maximum absolute atomic E-state index is 11.2. The second-order valence-electron chi connectivity index (χ2n) is 3.92. The van der Waals surface area contributed by atoms with Crippen LogP contribution in [0.1, 0.15) is 29.9 Å². The average Bonchev–Trinajstić information content (AvgIpc) is 2.29. The van der Waals surface area contributed by atoms with Gasteiger partial charge in [0.15, 0.2) is 0 Å². The number of halogens is 1. The first-order valence-corrected chi connectivity index (χ1v) is 5.61. The summed E-state index contributed by atoms with van der Waals surface area (Å²) in [5, 5.41) is 9.84. The largest absolute Gasteiger partial charge is 0.496 e. The first-order chi connectivity index (χ1) is 7.65. The minimum Gasteiger partial charge on any atom is -0.496 e. The molecular formula is C12H13ClO3. The second-order valence-corrected chi connectivity index (χ2v) is 4.33. The summed E-state index contributed by atoms with van der Waals surface area (Å²) in [6.07, 6.45) is 2.34. The van der Waals surface area contributed by atoms with Gasteiger partial charge >= 0.3 is 5.97 Å². The van der Waals surface area contributed by atoms with Crippen LogP contribution < -0.4 is 4.74 Å². The number of rotatable bonds is 2. The fourth-order valence-corrected chi connectivity index (χ4v) is 2.56. The lowest BCUT2D eigenvalue weighted by molar-refractivity contribution is -0.139. The van der Waals surface area contributed by atoms with Crippen molar-refractivity contribution in [2.75, 3.05) is 7.11 Å². The van der Waals surface area contributed by atoms with Crippen molar-refractivity contribution in [3.8, 4) is 5.75 Å². The molecule has 0 fully saturated rings. The number of benzene rings is 1. The molecule has 1 aromatic rings. The quantitative estimate of drug-likeness (QED) is 0.865. The molecule has 0 aliphatic heterocycles. The summed E-state index contributed by atoms with van der Waals surface area (Å²) in [4.78, 5) is 11.2. The molecule has 0 heterocycles. The van der Waals surface area contributed by atoms with E-state index in [0.717, 1.165) is 24.0 Å². The molecule has 4 heteroatoms. The Hall–Kier alpha value is -1.22. The fraction of sp³-hybridized carbons (Fsp3) is 0.417. The van der Waals surface area contributed by atoms with Gasteiger partial charge in [-0.15, -0.1) is 0 Å². The molecule has 0 saturated carbocycles. The number of methoxy groups -OCH3 is 1. The Kier molecular flexibility index (Phi) is 3.06. The molecule has 0 saturated heterocycles. The molecule has 0 bridgehead atoms. The Balaban J connectivity index is 2.60. The monoisotopic (exact) mass is 240 g/mol. The summed E-state index contributed by atoms with van der Waals surface area (Å²) in [7, 11) is 1.55. The number of hydrogen-bond acceptors (Lipinski definition) is 2. The van der Waals surface area contributed by atoms with Gasteiger partial charge in [-0.05, 0) is 37.0 Å². The van der Waals surface area contributed by atoms with E-state index in [1.165, 1.54) is 0 Å². The summed E-state index contributed by atoms with van der Waals surface area (Å²) in [6.45, 7) is 0. The lowest BCUT2D eigenvalue weighted by Gasteiger charge is -2.25. The van der Waals surface area contributed by atoms with Gasteiger partial charge in [-0.2, -0.15) is 0 Å². The van der Waals surface area contributed by atoms with E-state index in [1.54, 1.807) is 19.2 Å². The molecule has 0 amide bonds. The normalized spacial score (nSPS) is 19.0. The van der Waals surface area contributed by atoms with Crippen LogP contribution in [0.4, 0.5) is 0 Å². The molecule has 1 unspecified atom stereocenters. The lowest BCUT2D eigenvalue weighted by Crippen LogP contribution is -2.19. The van der Waals surface area contributed by atoms with Crippen molar-refractivity contribution in [3.05, 3.63) is 28.3 Å². The Morgan fingerprint density at radius 3 is 2.94 bits per heavy atom. The van der Waals surface area contributed by atoms with Crippen LogP contribution in [0.3, 0.4) is 0 Å². The number of fused-ring (bicyclic) bond motifs is 1. The first-order valence-electron chi connectivity index (χ1n) is 5.23. The molecule has 0 aromatic heterocycles. The van der Waals surface area contributed by atoms with Crippen molar-refractivity contribution in [1.82, 2.24) is 0 Å². The molecule has 1 aliphatic carbocycles. The molecule has 16 heavy (non-hydrogen) atoms. The summed E-state index contributed by atoms with van der Waals surface area (Å²) in [5.41, 5.74) is 1.69. The predicted molar refractivity (Wildman–Crippen MR) is 61.3 cm³/mol. The Labute approximate surface area is 99.0 Å². The van der Waals surface area contributed by atoms with Crippen molar-refractivity contribution in [3.63, 3.8) is 0 Å². The first kappa shape index (κ1) is 11.3. The van der Waals surface area contributed by atoms with Gasteiger partial charge in [0.2, 0.25) is 0 Å². The minimum absolute atomic E-state index is 0.489. The van der Waals surface area contributed by atoms with Crippen molar-refractivity contribution in [2.45, 2.75) is 25.2 Å². The molecule has 0 radical (unpaired) electrons. The molecule has 1 N–H and O–H groups in total. The molecule has 86 valence electrons. The number of hydrogen-bond donors (Lipinski definition) is 1. The van der Waals surface area contributed by atoms with Crippen LogP contribution >= 0.6 is 11.6 Å². The minimum atomic E-state index is -0.804. The second kappa shape index (κ2) is 4.34. The summed E-state index contributed by atoms with van der Waals surface area (Å²) in [6, 6.07) is 3.51. The third-order valence-electron chi connectivity index (χ3n) is 3.05. The number of carboxylic acid groups (broad SMARTS) is 1. The zero-order valence-corrected chi connectivity index (χ0v) is 9.75. The van der Waals surface area contributed by atoms with E-state index >= 15 is 0 Å². The molecule has 1 aliphatic rings. The predicted octanol–water partition coefficient (Wildman–Crippen LogP) is 2.85. The molecular weight excluding hydrogens is 228 g/mol. The topological polar surface area (TPSA) is 46.5 Å². The van der Waals surface area contributed by atoms with E-state index in [2.05, 4.69) is 0 Å². The van der Waals surface area contributed by atoms with Crippen molar-refractivity contribution in [1.29, 1.82) is 0 Å². The van der Waals surface area contributed by atoms with Gasteiger partial charge in [0.1, 0.15) is 5.75 Å². The van der Waals surface area contributed by atoms with Gasteiger partial charge in [-0.1, -0.05) is 11.6 Å². The van der Waals surface area contributed by atoms with E-state index in [9.17, 15) is 9.90 Å². The zero-order valence-electron chi connectivity index (χ0n) is 9.00. The summed E-state index contributed by atoms with van der Waals surface area (Å²) in [5.74, 6) is -0.662.